The molecule has 0 aromatic carbocycles. The molecule has 0 amide bonds. The normalized spacial score (nSPS) is 23.2. The van der Waals surface area contributed by atoms with Gasteiger partial charge in [-0.05, 0) is 45.6 Å². The van der Waals surface area contributed by atoms with Crippen LogP contribution in [0.15, 0.2) is 0 Å². The molecule has 142 valence electrons. The summed E-state index contributed by atoms with van der Waals surface area (Å²) in [7, 11) is 0. The van der Waals surface area contributed by atoms with E-state index in [0.717, 1.165) is 45.3 Å². The molecule has 0 spiro atoms. The van der Waals surface area contributed by atoms with Gasteiger partial charge in [0.05, 0.1) is 18.8 Å². The van der Waals surface area contributed by atoms with Crippen LogP contribution in [0.5, 0.6) is 0 Å². The number of ether oxygens (including phenoxy) is 2. The van der Waals surface area contributed by atoms with Crippen molar-refractivity contribution < 1.29 is 14.3 Å². The number of unbranched alkanes of at least 4 members (excludes halogenated alkanes) is 3. The van der Waals surface area contributed by atoms with Gasteiger partial charge in [0.25, 0.3) is 0 Å². The molecule has 1 aliphatic heterocycles. The Labute approximate surface area is 149 Å². The summed E-state index contributed by atoms with van der Waals surface area (Å²) < 4.78 is 11.2. The van der Waals surface area contributed by atoms with Crippen LogP contribution in [0.2, 0.25) is 0 Å². The lowest BCUT2D eigenvalue weighted by atomic mass is 10.0. The quantitative estimate of drug-likeness (QED) is 0.389. The van der Waals surface area contributed by atoms with Crippen LogP contribution < -0.4 is 0 Å². The maximum Gasteiger partial charge on any atom is 0.305 e. The van der Waals surface area contributed by atoms with Gasteiger partial charge in [0, 0.05) is 19.5 Å². The molecule has 1 fully saturated rings. The second-order valence-electron chi connectivity index (χ2n) is 7.43. The Balaban J connectivity index is 2.02. The van der Waals surface area contributed by atoms with E-state index >= 15 is 0 Å². The van der Waals surface area contributed by atoms with Gasteiger partial charge in [-0.25, -0.2) is 0 Å². The van der Waals surface area contributed by atoms with Crippen LogP contribution in [0, 0.1) is 5.92 Å². The van der Waals surface area contributed by atoms with E-state index in [9.17, 15) is 4.79 Å². The highest BCUT2D eigenvalue weighted by atomic mass is 16.5. The average molecular weight is 342 g/mol. The lowest BCUT2D eigenvalue weighted by molar-refractivity contribution is -0.145. The highest BCUT2D eigenvalue weighted by Crippen LogP contribution is 2.14. The molecule has 1 saturated heterocycles. The summed E-state index contributed by atoms with van der Waals surface area (Å²) in [5, 5.41) is 0. The lowest BCUT2D eigenvalue weighted by Gasteiger charge is -2.35. The monoisotopic (exact) mass is 341 g/mol. The van der Waals surface area contributed by atoms with Crippen molar-refractivity contribution in [3.05, 3.63) is 0 Å². The third-order valence-corrected chi connectivity index (χ3v) is 4.87. The molecule has 0 aliphatic carbocycles. The Kier molecular flexibility index (Phi) is 11.4. The van der Waals surface area contributed by atoms with Gasteiger partial charge in [0.1, 0.15) is 0 Å². The number of esters is 1. The molecule has 1 aliphatic rings. The molecule has 0 N–H and O–H groups in total. The summed E-state index contributed by atoms with van der Waals surface area (Å²) in [6.07, 6.45) is 9.16. The first-order valence-electron chi connectivity index (χ1n) is 10.1. The van der Waals surface area contributed by atoms with Gasteiger partial charge in [-0.2, -0.15) is 0 Å². The fraction of sp³-hybridized carbons (Fsp3) is 0.950. The van der Waals surface area contributed by atoms with Gasteiger partial charge in [0.15, 0.2) is 0 Å². The van der Waals surface area contributed by atoms with Crippen LogP contribution in [-0.2, 0) is 14.3 Å². The van der Waals surface area contributed by atoms with Crippen molar-refractivity contribution >= 4 is 5.97 Å². The Morgan fingerprint density at radius 3 is 2.46 bits per heavy atom. The zero-order valence-electron chi connectivity index (χ0n) is 16.4. The van der Waals surface area contributed by atoms with E-state index in [1.165, 1.54) is 19.3 Å². The number of carbonyl (C=O) groups excluding carboxylic acids is 1. The van der Waals surface area contributed by atoms with E-state index in [4.69, 9.17) is 9.47 Å². The molecule has 0 saturated carbocycles. The van der Waals surface area contributed by atoms with Gasteiger partial charge >= 0.3 is 5.97 Å². The predicted octanol–water partition coefficient (Wildman–Crippen LogP) is 4.42. The molecule has 0 aromatic rings. The number of morpholine rings is 1. The minimum absolute atomic E-state index is 0.0152. The van der Waals surface area contributed by atoms with Crippen LogP contribution >= 0.6 is 0 Å². The first-order chi connectivity index (χ1) is 11.5. The molecular weight excluding hydrogens is 302 g/mol. The van der Waals surface area contributed by atoms with Crippen molar-refractivity contribution in [1.29, 1.82) is 0 Å². The molecule has 0 aromatic heterocycles. The topological polar surface area (TPSA) is 38.8 Å². The fourth-order valence-corrected chi connectivity index (χ4v) is 3.43. The lowest BCUT2D eigenvalue weighted by Crippen LogP contribution is -2.45. The number of rotatable bonds is 12. The van der Waals surface area contributed by atoms with Gasteiger partial charge in [-0.15, -0.1) is 0 Å². The maximum atomic E-state index is 11.8. The van der Waals surface area contributed by atoms with E-state index in [-0.39, 0.29) is 5.97 Å². The fourth-order valence-electron chi connectivity index (χ4n) is 3.43. The minimum atomic E-state index is -0.0152. The van der Waals surface area contributed by atoms with E-state index in [0.29, 0.717) is 31.2 Å². The zero-order valence-corrected chi connectivity index (χ0v) is 16.4. The van der Waals surface area contributed by atoms with Crippen LogP contribution in [-0.4, -0.2) is 49.3 Å². The summed E-state index contributed by atoms with van der Waals surface area (Å²) in [5.41, 5.74) is 0. The average Bonchev–Trinajstić information content (AvgIpc) is 2.54. The SMILES string of the molecule is CCCCC(CC)COC(=O)CCCCCN1CC(C)OC(C)C1. The van der Waals surface area contributed by atoms with Crippen molar-refractivity contribution in [2.24, 2.45) is 5.92 Å². The number of nitrogens with zero attached hydrogens (tertiary/aromatic N) is 1. The summed E-state index contributed by atoms with van der Waals surface area (Å²) in [5.74, 6) is 0.526. The third kappa shape index (κ3) is 9.63. The Bertz CT molecular complexity index is 325. The predicted molar refractivity (Wildman–Crippen MR) is 99.2 cm³/mol. The van der Waals surface area contributed by atoms with E-state index in [1.807, 2.05) is 0 Å². The zero-order chi connectivity index (χ0) is 17.8. The number of carbonyl (C=O) groups is 1. The molecule has 0 radical (unpaired) electrons. The highest BCUT2D eigenvalue weighted by Gasteiger charge is 2.21. The van der Waals surface area contributed by atoms with Crippen molar-refractivity contribution in [1.82, 2.24) is 4.90 Å². The summed E-state index contributed by atoms with van der Waals surface area (Å²) >= 11 is 0. The van der Waals surface area contributed by atoms with Gasteiger partial charge in [0.2, 0.25) is 0 Å². The highest BCUT2D eigenvalue weighted by molar-refractivity contribution is 5.69. The van der Waals surface area contributed by atoms with Gasteiger partial charge in [-0.1, -0.05) is 39.5 Å². The molecule has 0 bridgehead atoms. The first-order valence-corrected chi connectivity index (χ1v) is 10.1. The van der Waals surface area contributed by atoms with Crippen LogP contribution in [0.25, 0.3) is 0 Å². The third-order valence-electron chi connectivity index (χ3n) is 4.87. The Morgan fingerprint density at radius 1 is 1.12 bits per heavy atom. The molecule has 1 rings (SSSR count). The molecule has 3 unspecified atom stereocenters. The van der Waals surface area contributed by atoms with E-state index in [1.54, 1.807) is 0 Å². The molecule has 4 nitrogen and oxygen atoms in total. The first kappa shape index (κ1) is 21.4. The van der Waals surface area contributed by atoms with Crippen molar-refractivity contribution in [3.63, 3.8) is 0 Å². The molecule has 3 atom stereocenters. The van der Waals surface area contributed by atoms with Crippen molar-refractivity contribution in [2.75, 3.05) is 26.2 Å². The molecule has 4 heteroatoms. The van der Waals surface area contributed by atoms with E-state index < -0.39 is 0 Å². The largest absolute Gasteiger partial charge is 0.465 e. The van der Waals surface area contributed by atoms with Crippen LogP contribution in [0.4, 0.5) is 0 Å². The molecular formula is C20H39NO3. The van der Waals surface area contributed by atoms with Gasteiger partial charge < -0.3 is 9.47 Å². The van der Waals surface area contributed by atoms with Crippen molar-refractivity contribution in [3.8, 4) is 0 Å². The minimum Gasteiger partial charge on any atom is -0.465 e. The smallest absolute Gasteiger partial charge is 0.305 e. The summed E-state index contributed by atoms with van der Waals surface area (Å²) in [6, 6.07) is 0. The van der Waals surface area contributed by atoms with Crippen LogP contribution in [0.1, 0.15) is 79.1 Å². The summed E-state index contributed by atoms with van der Waals surface area (Å²) in [4.78, 5) is 14.3. The summed E-state index contributed by atoms with van der Waals surface area (Å²) in [6.45, 7) is 12.5. The van der Waals surface area contributed by atoms with Gasteiger partial charge in [-0.3, -0.25) is 9.69 Å². The molecule has 24 heavy (non-hydrogen) atoms. The number of hydrogen-bond donors (Lipinski definition) is 0. The second kappa shape index (κ2) is 12.7. The van der Waals surface area contributed by atoms with Crippen molar-refractivity contribution in [2.45, 2.75) is 91.3 Å². The van der Waals surface area contributed by atoms with Crippen LogP contribution in [0.3, 0.4) is 0 Å². The Hall–Kier alpha value is -0.610. The number of hydrogen-bond acceptors (Lipinski definition) is 4. The standard InChI is InChI=1S/C20H39NO3/c1-5-7-11-19(6-2)16-23-20(22)12-9-8-10-13-21-14-17(3)24-18(4)15-21/h17-19H,5-16H2,1-4H3. The van der Waals surface area contributed by atoms with E-state index in [2.05, 4.69) is 32.6 Å². The Morgan fingerprint density at radius 2 is 1.83 bits per heavy atom. The maximum absolute atomic E-state index is 11.8. The second-order valence-corrected chi connectivity index (χ2v) is 7.43. The molecule has 1 heterocycles.